The van der Waals surface area contributed by atoms with Crippen molar-refractivity contribution in [2.45, 2.75) is 25.3 Å². The van der Waals surface area contributed by atoms with Gasteiger partial charge in [0, 0.05) is 19.6 Å². The van der Waals surface area contributed by atoms with Crippen LogP contribution in [0.4, 0.5) is 4.79 Å². The van der Waals surface area contributed by atoms with Gasteiger partial charge in [-0.15, -0.1) is 0 Å². The van der Waals surface area contributed by atoms with Gasteiger partial charge in [0.05, 0.1) is 5.92 Å². The highest BCUT2D eigenvalue weighted by Crippen LogP contribution is 2.27. The molecule has 3 heterocycles. The number of nitrogens with one attached hydrogen (secondary N) is 3. The maximum atomic E-state index is 12.5. The zero-order valence-corrected chi connectivity index (χ0v) is 11.6. The van der Waals surface area contributed by atoms with Gasteiger partial charge in [-0.2, -0.15) is 0 Å². The number of amides is 4. The quantitative estimate of drug-likeness (QED) is 0.540. The van der Waals surface area contributed by atoms with Crippen LogP contribution in [-0.4, -0.2) is 54.5 Å². The Bertz CT molecular complexity index is 457. The molecule has 0 aromatic rings. The van der Waals surface area contributed by atoms with E-state index in [9.17, 15) is 14.4 Å². The molecule has 4 amide bonds. The normalized spacial score (nSPS) is 32.4. The average Bonchev–Trinajstić information content (AvgIpc) is 2.95. The molecule has 0 aliphatic carbocycles. The predicted octanol–water partition coefficient (Wildman–Crippen LogP) is -0.957. The third kappa shape index (κ3) is 2.06. The van der Waals surface area contributed by atoms with E-state index in [0.29, 0.717) is 31.8 Å². The summed E-state index contributed by atoms with van der Waals surface area (Å²) in [6.07, 6.45) is 0.982. The van der Waals surface area contributed by atoms with Crippen LogP contribution in [0.3, 0.4) is 0 Å². The van der Waals surface area contributed by atoms with Crippen LogP contribution in [0.25, 0.3) is 0 Å². The lowest BCUT2D eigenvalue weighted by atomic mass is 9.86. The van der Waals surface area contributed by atoms with E-state index >= 15 is 0 Å². The summed E-state index contributed by atoms with van der Waals surface area (Å²) in [6.45, 7) is 4.75. The van der Waals surface area contributed by atoms with Crippen LogP contribution in [-0.2, 0) is 9.59 Å². The van der Waals surface area contributed by atoms with E-state index in [1.165, 1.54) is 0 Å². The second-order valence-electron chi connectivity index (χ2n) is 6.06. The monoisotopic (exact) mass is 280 g/mol. The molecule has 2 atom stereocenters. The average molecular weight is 280 g/mol. The van der Waals surface area contributed by atoms with Crippen LogP contribution in [0.1, 0.15) is 19.8 Å². The number of piperidine rings is 1. The minimum atomic E-state index is -0.798. The van der Waals surface area contributed by atoms with Gasteiger partial charge in [-0.1, -0.05) is 6.92 Å². The van der Waals surface area contributed by atoms with Gasteiger partial charge in [0.25, 0.3) is 5.91 Å². The lowest BCUT2D eigenvalue weighted by Gasteiger charge is -2.38. The molecule has 3 aliphatic rings. The molecule has 3 saturated heterocycles. The number of carbonyl (C=O) groups excluding carboxylic acids is 3. The number of nitrogens with zero attached hydrogens (tertiary/aromatic N) is 1. The molecular weight excluding hydrogens is 260 g/mol. The number of carbonyl (C=O) groups is 3. The summed E-state index contributed by atoms with van der Waals surface area (Å²) in [4.78, 5) is 37.4. The van der Waals surface area contributed by atoms with E-state index in [-0.39, 0.29) is 17.7 Å². The molecule has 3 aliphatic heterocycles. The van der Waals surface area contributed by atoms with Crippen molar-refractivity contribution in [3.63, 3.8) is 0 Å². The predicted molar refractivity (Wildman–Crippen MR) is 70.7 cm³/mol. The van der Waals surface area contributed by atoms with Gasteiger partial charge >= 0.3 is 6.03 Å². The van der Waals surface area contributed by atoms with E-state index in [0.717, 1.165) is 13.1 Å². The molecule has 0 radical (unpaired) electrons. The fourth-order valence-corrected chi connectivity index (χ4v) is 3.36. The van der Waals surface area contributed by atoms with Crippen LogP contribution in [0.5, 0.6) is 0 Å². The molecule has 3 rings (SSSR count). The third-order valence-corrected chi connectivity index (χ3v) is 4.78. The molecule has 20 heavy (non-hydrogen) atoms. The van der Waals surface area contributed by atoms with Gasteiger partial charge in [0.1, 0.15) is 5.54 Å². The number of likely N-dealkylation sites (tertiary alicyclic amines) is 1. The van der Waals surface area contributed by atoms with Gasteiger partial charge in [-0.3, -0.25) is 14.9 Å². The first-order valence-electron chi connectivity index (χ1n) is 7.15. The molecule has 0 aromatic heterocycles. The Kier molecular flexibility index (Phi) is 3.16. The van der Waals surface area contributed by atoms with Crippen molar-refractivity contribution < 1.29 is 14.4 Å². The minimum Gasteiger partial charge on any atom is -0.342 e. The van der Waals surface area contributed by atoms with Gasteiger partial charge in [-0.25, -0.2) is 4.79 Å². The first-order valence-corrected chi connectivity index (χ1v) is 7.15. The number of rotatable bonds is 1. The van der Waals surface area contributed by atoms with Crippen molar-refractivity contribution in [1.29, 1.82) is 0 Å². The number of urea groups is 1. The summed E-state index contributed by atoms with van der Waals surface area (Å²) >= 11 is 0. The smallest absolute Gasteiger partial charge is 0.322 e. The van der Waals surface area contributed by atoms with Crippen LogP contribution < -0.4 is 16.0 Å². The van der Waals surface area contributed by atoms with Crippen molar-refractivity contribution in [1.82, 2.24) is 20.9 Å². The van der Waals surface area contributed by atoms with E-state index in [2.05, 4.69) is 22.9 Å². The van der Waals surface area contributed by atoms with E-state index in [1.807, 2.05) is 4.90 Å². The zero-order valence-electron chi connectivity index (χ0n) is 11.6. The largest absolute Gasteiger partial charge is 0.342 e. The van der Waals surface area contributed by atoms with Crippen LogP contribution in [0, 0.1) is 11.8 Å². The summed E-state index contributed by atoms with van der Waals surface area (Å²) in [6, 6.07) is -0.427. The fraction of sp³-hybridized carbons (Fsp3) is 0.769. The lowest BCUT2D eigenvalue weighted by Crippen LogP contribution is -2.56. The number of hydrogen-bond donors (Lipinski definition) is 3. The van der Waals surface area contributed by atoms with Crippen LogP contribution in [0.2, 0.25) is 0 Å². The molecule has 0 aromatic carbocycles. The summed E-state index contributed by atoms with van der Waals surface area (Å²) < 4.78 is 0. The highest BCUT2D eigenvalue weighted by Gasteiger charge is 2.49. The summed E-state index contributed by atoms with van der Waals surface area (Å²) in [5.41, 5.74) is -0.798. The first kappa shape index (κ1) is 13.4. The summed E-state index contributed by atoms with van der Waals surface area (Å²) in [7, 11) is 0. The molecule has 3 N–H and O–H groups in total. The summed E-state index contributed by atoms with van der Waals surface area (Å²) in [5.74, 6) is 0.302. The molecule has 1 spiro atoms. The second kappa shape index (κ2) is 4.73. The molecule has 7 heteroatoms. The van der Waals surface area contributed by atoms with Crippen molar-refractivity contribution in [3.05, 3.63) is 0 Å². The standard InChI is InChI=1S/C13H20N4O3/c1-8-6-14-7-9(8)10(18)17-4-2-13(3-5-17)11(19)15-12(20)16-13/h8-9,14H,2-7H2,1H3,(H2,15,16,19,20). The Labute approximate surface area is 117 Å². The van der Waals surface area contributed by atoms with Gasteiger partial charge in [0.15, 0.2) is 0 Å². The summed E-state index contributed by atoms with van der Waals surface area (Å²) in [5, 5.41) is 8.22. The molecule has 7 nitrogen and oxygen atoms in total. The van der Waals surface area contributed by atoms with Crippen LogP contribution >= 0.6 is 0 Å². The Hall–Kier alpha value is -1.63. The van der Waals surface area contributed by atoms with Crippen LogP contribution in [0.15, 0.2) is 0 Å². The van der Waals surface area contributed by atoms with Gasteiger partial charge in [-0.05, 0) is 25.3 Å². The molecule has 110 valence electrons. The van der Waals surface area contributed by atoms with Crippen molar-refractivity contribution in [2.24, 2.45) is 11.8 Å². The van der Waals surface area contributed by atoms with E-state index < -0.39 is 11.6 Å². The Morgan fingerprint density at radius 2 is 1.95 bits per heavy atom. The minimum absolute atomic E-state index is 0.0380. The van der Waals surface area contributed by atoms with Crippen molar-refractivity contribution >= 4 is 17.8 Å². The second-order valence-corrected chi connectivity index (χ2v) is 6.06. The van der Waals surface area contributed by atoms with E-state index in [1.54, 1.807) is 0 Å². The Morgan fingerprint density at radius 3 is 2.45 bits per heavy atom. The maximum Gasteiger partial charge on any atom is 0.322 e. The molecule has 2 unspecified atom stereocenters. The highest BCUT2D eigenvalue weighted by molar-refractivity contribution is 6.07. The number of hydrogen-bond acceptors (Lipinski definition) is 4. The highest BCUT2D eigenvalue weighted by atomic mass is 16.2. The first-order chi connectivity index (χ1) is 9.52. The van der Waals surface area contributed by atoms with Crippen molar-refractivity contribution in [2.75, 3.05) is 26.2 Å². The molecule has 0 saturated carbocycles. The van der Waals surface area contributed by atoms with Gasteiger partial charge in [0.2, 0.25) is 5.91 Å². The SMILES string of the molecule is CC1CNCC1C(=O)N1CCC2(CC1)NC(=O)NC2=O. The fourth-order valence-electron chi connectivity index (χ4n) is 3.36. The Morgan fingerprint density at radius 1 is 1.25 bits per heavy atom. The Balaban J connectivity index is 1.63. The van der Waals surface area contributed by atoms with E-state index in [4.69, 9.17) is 0 Å². The third-order valence-electron chi connectivity index (χ3n) is 4.78. The lowest BCUT2D eigenvalue weighted by molar-refractivity contribution is -0.139. The molecular formula is C13H20N4O3. The number of imide groups is 1. The molecule has 0 bridgehead atoms. The maximum absolute atomic E-state index is 12.5. The van der Waals surface area contributed by atoms with Crippen molar-refractivity contribution in [3.8, 4) is 0 Å². The van der Waals surface area contributed by atoms with Gasteiger partial charge < -0.3 is 15.5 Å². The molecule has 3 fully saturated rings. The topological polar surface area (TPSA) is 90.5 Å². The zero-order chi connectivity index (χ0) is 14.3.